The molecular formula is C19H15FN4. The van der Waals surface area contributed by atoms with Gasteiger partial charge in [0, 0.05) is 42.2 Å². The highest BCUT2D eigenvalue weighted by atomic mass is 19.1. The third kappa shape index (κ3) is 2.34. The second kappa shape index (κ2) is 5.53. The molecule has 118 valence electrons. The first-order chi connectivity index (χ1) is 11.6. The molecular weight excluding hydrogens is 303 g/mol. The molecule has 0 fully saturated rings. The standard InChI is InChI=1S/C19H15FN4/c1-12-16-11-24(2)23-19(16)22-18(14-3-5-15(20)6-4-14)17(12)13-7-9-21-10-8-13/h3-11H,1-2H3. The van der Waals surface area contributed by atoms with Crippen LogP contribution in [0.5, 0.6) is 0 Å². The van der Waals surface area contributed by atoms with Crippen molar-refractivity contribution in [3.05, 3.63) is 66.4 Å². The van der Waals surface area contributed by atoms with Crippen LogP contribution < -0.4 is 0 Å². The summed E-state index contributed by atoms with van der Waals surface area (Å²) in [5.74, 6) is -0.264. The van der Waals surface area contributed by atoms with Crippen LogP contribution in [-0.4, -0.2) is 19.7 Å². The second-order valence-electron chi connectivity index (χ2n) is 5.74. The van der Waals surface area contributed by atoms with E-state index in [1.54, 1.807) is 29.2 Å². The molecule has 4 aromatic rings. The number of benzene rings is 1. The zero-order valence-corrected chi connectivity index (χ0v) is 13.4. The molecule has 1 aromatic carbocycles. The van der Waals surface area contributed by atoms with Gasteiger partial charge in [0.05, 0.1) is 5.69 Å². The predicted octanol–water partition coefficient (Wildman–Crippen LogP) is 4.14. The smallest absolute Gasteiger partial charge is 0.181 e. The van der Waals surface area contributed by atoms with Gasteiger partial charge in [-0.05, 0) is 54.4 Å². The molecule has 4 rings (SSSR count). The minimum atomic E-state index is -0.264. The van der Waals surface area contributed by atoms with Crippen molar-refractivity contribution in [2.75, 3.05) is 0 Å². The van der Waals surface area contributed by atoms with Gasteiger partial charge in [-0.3, -0.25) is 9.67 Å². The van der Waals surface area contributed by atoms with Gasteiger partial charge < -0.3 is 0 Å². The fourth-order valence-electron chi connectivity index (χ4n) is 2.99. The van der Waals surface area contributed by atoms with Gasteiger partial charge in [-0.15, -0.1) is 0 Å². The van der Waals surface area contributed by atoms with E-state index in [1.807, 2.05) is 25.4 Å². The molecule has 0 N–H and O–H groups in total. The number of pyridine rings is 2. The summed E-state index contributed by atoms with van der Waals surface area (Å²) in [4.78, 5) is 8.85. The summed E-state index contributed by atoms with van der Waals surface area (Å²) in [5.41, 5.74) is 5.49. The van der Waals surface area contributed by atoms with Crippen LogP contribution in [0.2, 0.25) is 0 Å². The molecule has 4 nitrogen and oxygen atoms in total. The Morgan fingerprint density at radius 3 is 2.38 bits per heavy atom. The van der Waals surface area contributed by atoms with Crippen LogP contribution in [0.4, 0.5) is 4.39 Å². The molecule has 0 aliphatic carbocycles. The number of nitrogens with zero attached hydrogens (tertiary/aromatic N) is 4. The molecule has 0 spiro atoms. The first kappa shape index (κ1) is 14.5. The Labute approximate surface area is 138 Å². The van der Waals surface area contributed by atoms with Crippen molar-refractivity contribution in [3.63, 3.8) is 0 Å². The lowest BCUT2D eigenvalue weighted by Crippen LogP contribution is -1.95. The maximum atomic E-state index is 13.3. The third-order valence-electron chi connectivity index (χ3n) is 4.13. The largest absolute Gasteiger partial charge is 0.273 e. The maximum absolute atomic E-state index is 13.3. The molecule has 3 aromatic heterocycles. The zero-order valence-electron chi connectivity index (χ0n) is 13.4. The van der Waals surface area contributed by atoms with Gasteiger partial charge in [-0.1, -0.05) is 0 Å². The van der Waals surface area contributed by atoms with Gasteiger partial charge in [0.15, 0.2) is 5.65 Å². The molecule has 0 saturated carbocycles. The summed E-state index contributed by atoms with van der Waals surface area (Å²) in [6, 6.07) is 10.3. The van der Waals surface area contributed by atoms with Gasteiger partial charge in [-0.2, -0.15) is 5.10 Å². The second-order valence-corrected chi connectivity index (χ2v) is 5.74. The van der Waals surface area contributed by atoms with E-state index in [2.05, 4.69) is 17.0 Å². The Bertz CT molecular complexity index is 1020. The molecule has 0 bridgehead atoms. The minimum Gasteiger partial charge on any atom is -0.273 e. The van der Waals surface area contributed by atoms with Crippen molar-refractivity contribution in [1.82, 2.24) is 19.7 Å². The molecule has 0 atom stereocenters. The molecule has 0 amide bonds. The Morgan fingerprint density at radius 2 is 1.67 bits per heavy atom. The lowest BCUT2D eigenvalue weighted by molar-refractivity contribution is 0.628. The van der Waals surface area contributed by atoms with Crippen molar-refractivity contribution in [3.8, 4) is 22.4 Å². The topological polar surface area (TPSA) is 43.6 Å². The Hall–Kier alpha value is -3.08. The van der Waals surface area contributed by atoms with Crippen LogP contribution in [0.15, 0.2) is 55.0 Å². The Balaban J connectivity index is 2.08. The van der Waals surface area contributed by atoms with E-state index in [1.165, 1.54) is 12.1 Å². The highest BCUT2D eigenvalue weighted by Gasteiger charge is 2.17. The van der Waals surface area contributed by atoms with E-state index in [4.69, 9.17) is 4.98 Å². The van der Waals surface area contributed by atoms with Gasteiger partial charge in [0.2, 0.25) is 0 Å². The molecule has 24 heavy (non-hydrogen) atoms. The molecule has 0 aliphatic rings. The van der Waals surface area contributed by atoms with Crippen molar-refractivity contribution >= 4 is 11.0 Å². The summed E-state index contributed by atoms with van der Waals surface area (Å²) in [6.07, 6.45) is 5.49. The van der Waals surface area contributed by atoms with E-state index >= 15 is 0 Å². The number of hydrogen-bond donors (Lipinski definition) is 0. The quantitative estimate of drug-likeness (QED) is 0.558. The Kier molecular flexibility index (Phi) is 3.34. The molecule has 3 heterocycles. The maximum Gasteiger partial charge on any atom is 0.181 e. The first-order valence-corrected chi connectivity index (χ1v) is 7.64. The van der Waals surface area contributed by atoms with E-state index < -0.39 is 0 Å². The van der Waals surface area contributed by atoms with Gasteiger partial charge in [-0.25, -0.2) is 9.37 Å². The number of rotatable bonds is 2. The van der Waals surface area contributed by atoms with Crippen molar-refractivity contribution in [1.29, 1.82) is 0 Å². The number of aromatic nitrogens is 4. The lowest BCUT2D eigenvalue weighted by Gasteiger charge is -2.13. The zero-order chi connectivity index (χ0) is 16.7. The van der Waals surface area contributed by atoms with E-state index in [0.29, 0.717) is 5.65 Å². The van der Waals surface area contributed by atoms with Gasteiger partial charge in [0.25, 0.3) is 0 Å². The average Bonchev–Trinajstić information content (AvgIpc) is 2.97. The van der Waals surface area contributed by atoms with Crippen molar-refractivity contribution in [2.45, 2.75) is 6.92 Å². The molecule has 5 heteroatoms. The summed E-state index contributed by atoms with van der Waals surface area (Å²) >= 11 is 0. The molecule has 0 saturated heterocycles. The highest BCUT2D eigenvalue weighted by molar-refractivity contribution is 5.93. The van der Waals surface area contributed by atoms with Crippen LogP contribution in [-0.2, 0) is 7.05 Å². The molecule has 0 aliphatic heterocycles. The van der Waals surface area contributed by atoms with Crippen LogP contribution in [0.3, 0.4) is 0 Å². The fraction of sp³-hybridized carbons (Fsp3) is 0.105. The Morgan fingerprint density at radius 1 is 0.958 bits per heavy atom. The summed E-state index contributed by atoms with van der Waals surface area (Å²) in [5, 5.41) is 5.44. The minimum absolute atomic E-state index is 0.264. The number of fused-ring (bicyclic) bond motifs is 1. The van der Waals surface area contributed by atoms with Crippen molar-refractivity contribution in [2.24, 2.45) is 7.05 Å². The van der Waals surface area contributed by atoms with Crippen LogP contribution in [0.25, 0.3) is 33.4 Å². The van der Waals surface area contributed by atoms with E-state index in [0.717, 1.165) is 33.3 Å². The summed E-state index contributed by atoms with van der Waals surface area (Å²) in [6.45, 7) is 2.06. The highest BCUT2D eigenvalue weighted by Crippen LogP contribution is 2.36. The van der Waals surface area contributed by atoms with E-state index in [9.17, 15) is 4.39 Å². The summed E-state index contributed by atoms with van der Waals surface area (Å²) in [7, 11) is 1.88. The monoisotopic (exact) mass is 318 g/mol. The van der Waals surface area contributed by atoms with E-state index in [-0.39, 0.29) is 5.82 Å². The summed E-state index contributed by atoms with van der Waals surface area (Å²) < 4.78 is 15.1. The van der Waals surface area contributed by atoms with Gasteiger partial charge in [0.1, 0.15) is 5.82 Å². The van der Waals surface area contributed by atoms with Crippen LogP contribution in [0.1, 0.15) is 5.56 Å². The predicted molar refractivity (Wildman–Crippen MR) is 91.9 cm³/mol. The number of hydrogen-bond acceptors (Lipinski definition) is 3. The lowest BCUT2D eigenvalue weighted by atomic mass is 9.94. The fourth-order valence-corrected chi connectivity index (χ4v) is 2.99. The third-order valence-corrected chi connectivity index (χ3v) is 4.13. The van der Waals surface area contributed by atoms with Crippen molar-refractivity contribution < 1.29 is 4.39 Å². The van der Waals surface area contributed by atoms with Gasteiger partial charge >= 0.3 is 0 Å². The molecule has 0 radical (unpaired) electrons. The van der Waals surface area contributed by atoms with Crippen LogP contribution in [0, 0.1) is 12.7 Å². The average molecular weight is 318 g/mol. The SMILES string of the molecule is Cc1c(-c2ccncc2)c(-c2ccc(F)cc2)nc2nn(C)cc12. The number of halogens is 1. The molecule has 0 unspecified atom stereocenters. The first-order valence-electron chi connectivity index (χ1n) is 7.64. The number of aryl methyl sites for hydroxylation is 2. The van der Waals surface area contributed by atoms with Crippen LogP contribution >= 0.6 is 0 Å². The normalized spacial score (nSPS) is 11.1.